The number of Topliss-reactive ketones (excluding diaryl/α,β-unsaturated/α-hetero) is 1. The zero-order valence-corrected chi connectivity index (χ0v) is 19.7. The number of aromatic amines is 1. The van der Waals surface area contributed by atoms with Crippen molar-refractivity contribution in [2.24, 2.45) is 14.1 Å². The number of hydrogen-bond acceptors (Lipinski definition) is 4. The quantitative estimate of drug-likeness (QED) is 0.394. The Balaban J connectivity index is 1.51. The van der Waals surface area contributed by atoms with Crippen LogP contribution in [-0.4, -0.2) is 24.9 Å². The van der Waals surface area contributed by atoms with Crippen molar-refractivity contribution in [3.63, 3.8) is 0 Å². The van der Waals surface area contributed by atoms with Crippen LogP contribution in [-0.2, 0) is 25.3 Å². The molecule has 2 rings (SSSR count). The van der Waals surface area contributed by atoms with Crippen molar-refractivity contribution in [2.75, 3.05) is 0 Å². The minimum absolute atomic E-state index is 0.315. The third-order valence-electron chi connectivity index (χ3n) is 6.16. The number of carbonyl (C=O) groups excluding carboxylic acids is 1. The molecule has 0 spiro atoms. The van der Waals surface area contributed by atoms with Crippen LogP contribution >= 0.6 is 0 Å². The maximum atomic E-state index is 12.1. The standard InChI is InChI=1S/C24H40N4O3/c1-19(29)17-15-13-11-9-7-5-4-6-8-10-12-14-16-18-20-25-22-21(27(20)2)23(30)26-24(31)28(22)3/h4-18H2,1-3H3,(H,26,30,31). The summed E-state index contributed by atoms with van der Waals surface area (Å²) < 4.78 is 3.21. The van der Waals surface area contributed by atoms with E-state index in [4.69, 9.17) is 0 Å². The SMILES string of the molecule is CC(=O)CCCCCCCCCCCCCCCc1nc2c(c(=O)[nH]c(=O)n2C)n1C. The van der Waals surface area contributed by atoms with Crippen LogP contribution in [0.4, 0.5) is 0 Å². The molecule has 1 N–H and O–H groups in total. The van der Waals surface area contributed by atoms with Gasteiger partial charge in [-0.05, 0) is 19.8 Å². The van der Waals surface area contributed by atoms with E-state index < -0.39 is 5.69 Å². The van der Waals surface area contributed by atoms with Crippen molar-refractivity contribution in [2.45, 2.75) is 103 Å². The number of aromatic nitrogens is 4. The highest BCUT2D eigenvalue weighted by Crippen LogP contribution is 2.15. The number of unbranched alkanes of at least 4 members (excludes halogenated alkanes) is 12. The number of fused-ring (bicyclic) bond motifs is 1. The summed E-state index contributed by atoms with van der Waals surface area (Å²) in [5.41, 5.74) is 0.134. The summed E-state index contributed by atoms with van der Waals surface area (Å²) in [6, 6.07) is 0. The number of rotatable bonds is 16. The molecule has 0 aliphatic heterocycles. The predicted octanol–water partition coefficient (Wildman–Crippen LogP) is 4.55. The molecule has 0 radical (unpaired) electrons. The zero-order valence-electron chi connectivity index (χ0n) is 19.7. The van der Waals surface area contributed by atoms with Crippen LogP contribution in [0.5, 0.6) is 0 Å². The van der Waals surface area contributed by atoms with Crippen LogP contribution in [0.3, 0.4) is 0 Å². The van der Waals surface area contributed by atoms with Crippen molar-refractivity contribution >= 4 is 16.9 Å². The summed E-state index contributed by atoms with van der Waals surface area (Å²) in [6.45, 7) is 1.68. The van der Waals surface area contributed by atoms with Gasteiger partial charge in [0, 0.05) is 26.9 Å². The lowest BCUT2D eigenvalue weighted by Gasteiger charge is -2.04. The van der Waals surface area contributed by atoms with Gasteiger partial charge in [-0.25, -0.2) is 9.78 Å². The summed E-state index contributed by atoms with van der Waals surface area (Å²) in [5, 5.41) is 0. The lowest BCUT2D eigenvalue weighted by molar-refractivity contribution is -0.117. The maximum Gasteiger partial charge on any atom is 0.329 e. The number of nitrogens with zero attached hydrogens (tertiary/aromatic N) is 3. The minimum atomic E-state index is -0.424. The van der Waals surface area contributed by atoms with Gasteiger partial charge in [0.1, 0.15) is 11.6 Å². The first-order valence-electron chi connectivity index (χ1n) is 12.1. The fourth-order valence-corrected chi connectivity index (χ4v) is 4.18. The van der Waals surface area contributed by atoms with Gasteiger partial charge in [-0.3, -0.25) is 14.3 Å². The Morgan fingerprint density at radius 2 is 1.26 bits per heavy atom. The molecular weight excluding hydrogens is 392 g/mol. The summed E-state index contributed by atoms with van der Waals surface area (Å²) >= 11 is 0. The molecule has 2 aromatic heterocycles. The van der Waals surface area contributed by atoms with E-state index >= 15 is 0 Å². The molecule has 0 aliphatic rings. The predicted molar refractivity (Wildman–Crippen MR) is 126 cm³/mol. The second kappa shape index (κ2) is 13.3. The Labute approximate surface area is 185 Å². The van der Waals surface area contributed by atoms with Gasteiger partial charge in [0.15, 0.2) is 11.2 Å². The van der Waals surface area contributed by atoms with Gasteiger partial charge in [-0.1, -0.05) is 70.6 Å². The highest BCUT2D eigenvalue weighted by molar-refractivity contribution is 5.75. The van der Waals surface area contributed by atoms with E-state index in [1.165, 1.54) is 75.2 Å². The Morgan fingerprint density at radius 1 is 0.774 bits per heavy atom. The second-order valence-corrected chi connectivity index (χ2v) is 8.88. The van der Waals surface area contributed by atoms with Crippen LogP contribution in [0.1, 0.15) is 103 Å². The maximum absolute atomic E-state index is 12.1. The highest BCUT2D eigenvalue weighted by Gasteiger charge is 2.14. The summed E-state index contributed by atoms with van der Waals surface area (Å²) in [4.78, 5) is 41.6. The molecule has 2 aromatic rings. The number of hydrogen-bond donors (Lipinski definition) is 1. The third kappa shape index (κ3) is 8.11. The fourth-order valence-electron chi connectivity index (χ4n) is 4.18. The first kappa shape index (κ1) is 25.1. The molecule has 0 saturated heterocycles. The molecule has 0 bridgehead atoms. The summed E-state index contributed by atoms with van der Waals surface area (Å²) in [5.74, 6) is 1.18. The van der Waals surface area contributed by atoms with Crippen molar-refractivity contribution in [1.29, 1.82) is 0 Å². The second-order valence-electron chi connectivity index (χ2n) is 8.88. The Kier molecular flexibility index (Phi) is 10.7. The van der Waals surface area contributed by atoms with Gasteiger partial charge in [-0.15, -0.1) is 0 Å². The average molecular weight is 433 g/mol. The Morgan fingerprint density at radius 3 is 1.77 bits per heavy atom. The van der Waals surface area contributed by atoms with Crippen LogP contribution < -0.4 is 11.2 Å². The van der Waals surface area contributed by atoms with E-state index in [1.54, 1.807) is 14.0 Å². The molecule has 0 fully saturated rings. The van der Waals surface area contributed by atoms with Crippen LogP contribution in [0.25, 0.3) is 11.2 Å². The van der Waals surface area contributed by atoms with Crippen molar-refractivity contribution in [1.82, 2.24) is 19.1 Å². The van der Waals surface area contributed by atoms with Crippen molar-refractivity contribution < 1.29 is 4.79 Å². The highest BCUT2D eigenvalue weighted by atomic mass is 16.2. The summed E-state index contributed by atoms with van der Waals surface area (Å²) in [6.07, 6.45) is 17.8. The minimum Gasteiger partial charge on any atom is -0.325 e. The van der Waals surface area contributed by atoms with E-state index in [-0.39, 0.29) is 5.56 Å². The number of ketones is 1. The largest absolute Gasteiger partial charge is 0.329 e. The van der Waals surface area contributed by atoms with Gasteiger partial charge >= 0.3 is 5.69 Å². The van der Waals surface area contributed by atoms with Crippen LogP contribution in [0.2, 0.25) is 0 Å². The van der Waals surface area contributed by atoms with Gasteiger partial charge in [0.25, 0.3) is 5.56 Å². The molecular formula is C24H40N4O3. The number of carbonyl (C=O) groups is 1. The van der Waals surface area contributed by atoms with E-state index in [1.807, 2.05) is 11.6 Å². The van der Waals surface area contributed by atoms with Gasteiger partial charge in [-0.2, -0.15) is 0 Å². The molecule has 0 saturated carbocycles. The molecule has 0 unspecified atom stereocenters. The molecule has 31 heavy (non-hydrogen) atoms. The average Bonchev–Trinajstić information content (AvgIpc) is 3.06. The molecule has 7 heteroatoms. The van der Waals surface area contributed by atoms with E-state index in [0.29, 0.717) is 16.9 Å². The number of nitrogens with one attached hydrogen (secondary N) is 1. The zero-order chi connectivity index (χ0) is 22.6. The van der Waals surface area contributed by atoms with E-state index in [2.05, 4.69) is 9.97 Å². The van der Waals surface area contributed by atoms with Gasteiger partial charge in [0.05, 0.1) is 0 Å². The molecule has 7 nitrogen and oxygen atoms in total. The number of aryl methyl sites for hydroxylation is 3. The molecule has 0 amide bonds. The molecule has 174 valence electrons. The lowest BCUT2D eigenvalue weighted by atomic mass is 10.0. The molecule has 0 aromatic carbocycles. The monoisotopic (exact) mass is 432 g/mol. The van der Waals surface area contributed by atoms with Crippen LogP contribution in [0.15, 0.2) is 9.59 Å². The fraction of sp³-hybridized carbons (Fsp3) is 0.750. The number of H-pyrrole nitrogens is 1. The Hall–Kier alpha value is -2.18. The Bertz CT molecular complexity index is 939. The van der Waals surface area contributed by atoms with Crippen molar-refractivity contribution in [3.05, 3.63) is 26.7 Å². The van der Waals surface area contributed by atoms with Crippen LogP contribution in [0, 0.1) is 0 Å². The normalized spacial score (nSPS) is 11.5. The van der Waals surface area contributed by atoms with Gasteiger partial charge in [0.2, 0.25) is 0 Å². The number of imidazole rings is 1. The van der Waals surface area contributed by atoms with Crippen molar-refractivity contribution in [3.8, 4) is 0 Å². The topological polar surface area (TPSA) is 89.8 Å². The van der Waals surface area contributed by atoms with E-state index in [9.17, 15) is 14.4 Å². The first-order chi connectivity index (χ1) is 14.9. The smallest absolute Gasteiger partial charge is 0.325 e. The molecule has 2 heterocycles. The molecule has 0 aliphatic carbocycles. The first-order valence-corrected chi connectivity index (χ1v) is 12.1. The third-order valence-corrected chi connectivity index (χ3v) is 6.16. The van der Waals surface area contributed by atoms with E-state index in [0.717, 1.165) is 31.5 Å². The summed E-state index contributed by atoms with van der Waals surface area (Å²) in [7, 11) is 3.48. The van der Waals surface area contributed by atoms with Gasteiger partial charge < -0.3 is 9.36 Å². The lowest BCUT2D eigenvalue weighted by Crippen LogP contribution is -2.29. The molecule has 0 atom stereocenters.